The van der Waals surface area contributed by atoms with Crippen molar-refractivity contribution in [2.45, 2.75) is 32.4 Å². The number of aliphatic hydroxyl groups excluding tert-OH is 1. The van der Waals surface area contributed by atoms with E-state index in [0.29, 0.717) is 6.54 Å². The molecule has 1 aliphatic rings. The van der Waals surface area contributed by atoms with Crippen molar-refractivity contribution in [1.82, 2.24) is 5.32 Å². The second kappa shape index (κ2) is 6.26. The number of nitrogens with one attached hydrogen (secondary N) is 1. The number of methoxy groups -OCH3 is 1. The lowest BCUT2D eigenvalue weighted by molar-refractivity contribution is 0.198. The largest absolute Gasteiger partial charge is 0.496 e. The van der Waals surface area contributed by atoms with Gasteiger partial charge in [0.15, 0.2) is 0 Å². The Morgan fingerprint density at radius 1 is 1.53 bits per heavy atom. The van der Waals surface area contributed by atoms with E-state index in [1.54, 1.807) is 7.11 Å². The maximum atomic E-state index is 9.73. The van der Waals surface area contributed by atoms with E-state index in [1.165, 1.54) is 11.3 Å². The van der Waals surface area contributed by atoms with E-state index in [9.17, 15) is 5.11 Å². The van der Waals surface area contributed by atoms with Gasteiger partial charge in [0, 0.05) is 30.4 Å². The number of aliphatic hydroxyl groups is 1. The van der Waals surface area contributed by atoms with Crippen LogP contribution in [0.1, 0.15) is 31.9 Å². The van der Waals surface area contributed by atoms with Crippen LogP contribution >= 0.6 is 0 Å². The first-order valence-electron chi connectivity index (χ1n) is 7.00. The number of nitrogens with zero attached hydrogens (tertiary/aromatic N) is 1. The SMILES string of the molecule is CCNC(C)c1c(OC)cccc1N1CCC(O)C1. The van der Waals surface area contributed by atoms with E-state index in [0.717, 1.165) is 25.3 Å². The maximum Gasteiger partial charge on any atom is 0.125 e. The highest BCUT2D eigenvalue weighted by Crippen LogP contribution is 2.36. The van der Waals surface area contributed by atoms with Crippen LogP contribution in [0.15, 0.2) is 18.2 Å². The first-order chi connectivity index (χ1) is 9.17. The Kier molecular flexibility index (Phi) is 4.66. The van der Waals surface area contributed by atoms with Crippen molar-refractivity contribution in [2.24, 2.45) is 0 Å². The zero-order chi connectivity index (χ0) is 13.8. The van der Waals surface area contributed by atoms with Crippen molar-refractivity contribution in [3.05, 3.63) is 23.8 Å². The Hall–Kier alpha value is -1.26. The molecule has 0 radical (unpaired) electrons. The summed E-state index contributed by atoms with van der Waals surface area (Å²) < 4.78 is 5.51. The molecule has 106 valence electrons. The monoisotopic (exact) mass is 264 g/mol. The molecule has 0 aliphatic carbocycles. The molecule has 1 saturated heterocycles. The highest BCUT2D eigenvalue weighted by atomic mass is 16.5. The van der Waals surface area contributed by atoms with Crippen LogP contribution in [0.2, 0.25) is 0 Å². The smallest absolute Gasteiger partial charge is 0.125 e. The van der Waals surface area contributed by atoms with Gasteiger partial charge < -0.3 is 20.1 Å². The Labute approximate surface area is 115 Å². The molecule has 1 aromatic carbocycles. The number of hydrogen-bond donors (Lipinski definition) is 2. The van der Waals surface area contributed by atoms with Crippen molar-refractivity contribution in [3.63, 3.8) is 0 Å². The van der Waals surface area contributed by atoms with E-state index < -0.39 is 0 Å². The predicted molar refractivity (Wildman–Crippen MR) is 77.9 cm³/mol. The van der Waals surface area contributed by atoms with Gasteiger partial charge in [0.25, 0.3) is 0 Å². The van der Waals surface area contributed by atoms with Gasteiger partial charge in [-0.05, 0) is 32.0 Å². The third-order valence-corrected chi connectivity index (χ3v) is 3.71. The second-order valence-electron chi connectivity index (χ2n) is 5.06. The molecule has 2 atom stereocenters. The lowest BCUT2D eigenvalue weighted by Crippen LogP contribution is -2.26. The molecule has 1 heterocycles. The number of hydrogen-bond acceptors (Lipinski definition) is 4. The molecule has 4 heteroatoms. The Morgan fingerprint density at radius 2 is 2.32 bits per heavy atom. The van der Waals surface area contributed by atoms with Crippen LogP contribution < -0.4 is 15.0 Å². The fourth-order valence-corrected chi connectivity index (χ4v) is 2.79. The normalized spacial score (nSPS) is 20.6. The minimum atomic E-state index is -0.214. The molecule has 0 aromatic heterocycles. The van der Waals surface area contributed by atoms with Crippen LogP contribution in [0.5, 0.6) is 5.75 Å². The highest BCUT2D eigenvalue weighted by molar-refractivity contribution is 5.61. The minimum Gasteiger partial charge on any atom is -0.496 e. The molecule has 2 unspecified atom stereocenters. The third-order valence-electron chi connectivity index (χ3n) is 3.71. The molecule has 19 heavy (non-hydrogen) atoms. The van der Waals surface area contributed by atoms with Gasteiger partial charge in [-0.2, -0.15) is 0 Å². The Morgan fingerprint density at radius 3 is 2.89 bits per heavy atom. The molecule has 0 spiro atoms. The molecule has 0 saturated carbocycles. The van der Waals surface area contributed by atoms with E-state index in [1.807, 2.05) is 12.1 Å². The van der Waals surface area contributed by atoms with Crippen LogP contribution in [0.3, 0.4) is 0 Å². The molecule has 2 N–H and O–H groups in total. The van der Waals surface area contributed by atoms with Gasteiger partial charge >= 0.3 is 0 Å². The summed E-state index contributed by atoms with van der Waals surface area (Å²) in [6.45, 7) is 6.78. The molecule has 4 nitrogen and oxygen atoms in total. The summed E-state index contributed by atoms with van der Waals surface area (Å²) in [5, 5.41) is 13.2. The first kappa shape index (κ1) is 14.2. The van der Waals surface area contributed by atoms with Gasteiger partial charge in [-0.3, -0.25) is 0 Å². The van der Waals surface area contributed by atoms with Gasteiger partial charge in [-0.25, -0.2) is 0 Å². The highest BCUT2D eigenvalue weighted by Gasteiger charge is 2.25. The molecule has 1 fully saturated rings. The molecule has 1 aliphatic heterocycles. The van der Waals surface area contributed by atoms with E-state index in [4.69, 9.17) is 4.74 Å². The van der Waals surface area contributed by atoms with Gasteiger partial charge in [0.2, 0.25) is 0 Å². The average Bonchev–Trinajstić information content (AvgIpc) is 2.84. The van der Waals surface area contributed by atoms with Crippen molar-refractivity contribution >= 4 is 5.69 Å². The van der Waals surface area contributed by atoms with Crippen molar-refractivity contribution < 1.29 is 9.84 Å². The molecular formula is C15H24N2O2. The number of β-amino-alcohol motifs (C(OH)–C–C–N with tert-alkyl or cyclic N) is 1. The molecule has 2 rings (SSSR count). The Balaban J connectivity index is 2.36. The van der Waals surface area contributed by atoms with Crippen molar-refractivity contribution in [1.29, 1.82) is 0 Å². The fraction of sp³-hybridized carbons (Fsp3) is 0.600. The molecule has 0 bridgehead atoms. The van der Waals surface area contributed by atoms with Crippen molar-refractivity contribution in [2.75, 3.05) is 31.6 Å². The average molecular weight is 264 g/mol. The van der Waals surface area contributed by atoms with E-state index in [-0.39, 0.29) is 12.1 Å². The summed E-state index contributed by atoms with van der Waals surface area (Å²) >= 11 is 0. The van der Waals surface area contributed by atoms with Crippen molar-refractivity contribution in [3.8, 4) is 5.75 Å². The summed E-state index contributed by atoms with van der Waals surface area (Å²) in [7, 11) is 1.71. The van der Waals surface area contributed by atoms with Crippen LogP contribution in [0, 0.1) is 0 Å². The minimum absolute atomic E-state index is 0.214. The van der Waals surface area contributed by atoms with Gasteiger partial charge in [0.05, 0.1) is 13.2 Å². The fourth-order valence-electron chi connectivity index (χ4n) is 2.79. The zero-order valence-corrected chi connectivity index (χ0v) is 12.0. The van der Waals surface area contributed by atoms with Crippen LogP contribution in [-0.4, -0.2) is 38.0 Å². The maximum absolute atomic E-state index is 9.73. The number of benzene rings is 1. The second-order valence-corrected chi connectivity index (χ2v) is 5.06. The summed E-state index contributed by atoms with van der Waals surface area (Å²) in [4.78, 5) is 2.25. The third kappa shape index (κ3) is 3.01. The number of ether oxygens (including phenoxy) is 1. The Bertz CT molecular complexity index is 423. The van der Waals surface area contributed by atoms with E-state index >= 15 is 0 Å². The number of anilines is 1. The van der Waals surface area contributed by atoms with E-state index in [2.05, 4.69) is 30.1 Å². The standard InChI is InChI=1S/C15H24N2O2/c1-4-16-11(2)15-13(6-5-7-14(15)19-3)17-9-8-12(18)10-17/h5-7,11-12,16,18H,4,8-10H2,1-3H3. The van der Waals surface area contributed by atoms with Crippen LogP contribution in [0.4, 0.5) is 5.69 Å². The zero-order valence-electron chi connectivity index (χ0n) is 12.0. The summed E-state index contributed by atoms with van der Waals surface area (Å²) in [5.74, 6) is 0.910. The lowest BCUT2D eigenvalue weighted by atomic mass is 10.0. The van der Waals surface area contributed by atoms with Gasteiger partial charge in [-0.1, -0.05) is 13.0 Å². The van der Waals surface area contributed by atoms with Gasteiger partial charge in [0.1, 0.15) is 5.75 Å². The molecular weight excluding hydrogens is 240 g/mol. The van der Waals surface area contributed by atoms with Crippen LogP contribution in [-0.2, 0) is 0 Å². The summed E-state index contributed by atoms with van der Waals surface area (Å²) in [6.07, 6.45) is 0.625. The lowest BCUT2D eigenvalue weighted by Gasteiger charge is -2.26. The molecule has 1 aromatic rings. The molecule has 0 amide bonds. The topological polar surface area (TPSA) is 44.7 Å². The quantitative estimate of drug-likeness (QED) is 0.853. The summed E-state index contributed by atoms with van der Waals surface area (Å²) in [5.41, 5.74) is 2.35. The van der Waals surface area contributed by atoms with Crippen LogP contribution in [0.25, 0.3) is 0 Å². The number of rotatable bonds is 5. The first-order valence-corrected chi connectivity index (χ1v) is 7.00. The predicted octanol–water partition coefficient (Wildman–Crippen LogP) is 1.94. The van der Waals surface area contributed by atoms with Gasteiger partial charge in [-0.15, -0.1) is 0 Å². The summed E-state index contributed by atoms with van der Waals surface area (Å²) in [6, 6.07) is 6.36.